The van der Waals surface area contributed by atoms with Crippen LogP contribution in [0.1, 0.15) is 93.4 Å². The molecule has 2 aliphatic heterocycles. The molecule has 194 valence electrons. The van der Waals surface area contributed by atoms with Crippen molar-refractivity contribution in [3.8, 4) is 0 Å². The second kappa shape index (κ2) is 6.11. The SMILES string of the molecule is C[C@@H]1C[C@H]2O[C@]3(O[C@H]2C(C)(C)O)[C@H]1[C@@]1(C)CC[C@@]24C[C@@]25CCC(=O)C(C)(C)[C@@H]5CC=C4[C@]1(C)[C@H]3O. The Balaban J connectivity index is 1.37. The normalized spacial score (nSPS) is 59.6. The van der Waals surface area contributed by atoms with Crippen molar-refractivity contribution >= 4 is 5.78 Å². The fraction of sp³-hybridized carbons (Fsp3) is 0.900. The van der Waals surface area contributed by atoms with Crippen molar-refractivity contribution in [3.63, 3.8) is 0 Å². The minimum absolute atomic E-state index is 0.0775. The van der Waals surface area contributed by atoms with Crippen LogP contribution in [0.4, 0.5) is 0 Å². The van der Waals surface area contributed by atoms with Gasteiger partial charge in [0.1, 0.15) is 18.0 Å². The standard InChI is InChI=1S/C30H44O5/c1-16-14-17-22(25(4,5)33)35-30(34-17)21(16)26(6)12-13-29-15-28(29)11-10-20(31)24(2,3)18(28)8-9-19(29)27(26,7)23(30)32/h9,16-18,21-23,32-33H,8,10-15H2,1-7H3/t16-,17-,18+,21-,22-,23-,26-,27-,28-,29+,30+/m1/s1. The summed E-state index contributed by atoms with van der Waals surface area (Å²) in [7, 11) is 0. The van der Waals surface area contributed by atoms with E-state index in [4.69, 9.17) is 9.47 Å². The van der Waals surface area contributed by atoms with Crippen molar-refractivity contribution in [2.24, 2.45) is 44.8 Å². The third-order valence-electron chi connectivity index (χ3n) is 13.3. The van der Waals surface area contributed by atoms with Gasteiger partial charge in [0.25, 0.3) is 0 Å². The Morgan fingerprint density at radius 1 is 1.09 bits per heavy atom. The number of ketones is 1. The summed E-state index contributed by atoms with van der Waals surface area (Å²) in [5.74, 6) is 0.175. The van der Waals surface area contributed by atoms with Crippen LogP contribution in [-0.2, 0) is 14.3 Å². The highest BCUT2D eigenvalue weighted by Gasteiger charge is 2.86. The first-order chi connectivity index (χ1) is 16.1. The first-order valence-corrected chi connectivity index (χ1v) is 14.1. The Morgan fingerprint density at radius 3 is 2.49 bits per heavy atom. The number of rotatable bonds is 1. The Kier molecular flexibility index (Phi) is 4.08. The molecule has 0 unspecified atom stereocenters. The molecule has 2 saturated heterocycles. The molecule has 0 aromatic rings. The number of allylic oxidation sites excluding steroid dienone is 1. The van der Waals surface area contributed by atoms with Crippen molar-refractivity contribution < 1.29 is 24.5 Å². The van der Waals surface area contributed by atoms with Crippen LogP contribution in [-0.4, -0.2) is 45.7 Å². The summed E-state index contributed by atoms with van der Waals surface area (Å²) in [6, 6.07) is 0. The summed E-state index contributed by atoms with van der Waals surface area (Å²) < 4.78 is 13.5. The average molecular weight is 485 g/mol. The molecule has 5 nitrogen and oxygen atoms in total. The van der Waals surface area contributed by atoms with Gasteiger partial charge in [-0.3, -0.25) is 4.79 Å². The van der Waals surface area contributed by atoms with Crippen LogP contribution in [0.3, 0.4) is 0 Å². The molecule has 0 radical (unpaired) electrons. The number of aliphatic hydroxyl groups excluding tert-OH is 1. The molecule has 5 aliphatic carbocycles. The third-order valence-corrected chi connectivity index (χ3v) is 13.3. The van der Waals surface area contributed by atoms with Crippen LogP contribution < -0.4 is 0 Å². The number of aliphatic hydroxyl groups is 2. The number of Topliss-reactive ketones (excluding diaryl/α,β-unsaturated/α-hetero) is 1. The average Bonchev–Trinajstić information content (AvgIpc) is 3.28. The smallest absolute Gasteiger partial charge is 0.199 e. The zero-order valence-electron chi connectivity index (χ0n) is 22.6. The summed E-state index contributed by atoms with van der Waals surface area (Å²) in [4.78, 5) is 12.9. The van der Waals surface area contributed by atoms with E-state index in [9.17, 15) is 15.0 Å². The first-order valence-electron chi connectivity index (χ1n) is 14.1. The van der Waals surface area contributed by atoms with E-state index in [2.05, 4.69) is 40.7 Å². The molecule has 6 fully saturated rings. The lowest BCUT2D eigenvalue weighted by Gasteiger charge is -2.59. The van der Waals surface area contributed by atoms with Gasteiger partial charge in [-0.05, 0) is 80.5 Å². The summed E-state index contributed by atoms with van der Waals surface area (Å²) in [6.45, 7) is 14.9. The topological polar surface area (TPSA) is 76.0 Å². The van der Waals surface area contributed by atoms with Crippen LogP contribution in [0.5, 0.6) is 0 Å². The van der Waals surface area contributed by atoms with Gasteiger partial charge >= 0.3 is 0 Å². The summed E-state index contributed by atoms with van der Waals surface area (Å²) in [6.07, 6.45) is 7.86. The van der Waals surface area contributed by atoms with Gasteiger partial charge in [-0.1, -0.05) is 46.3 Å². The molecular weight excluding hydrogens is 440 g/mol. The summed E-state index contributed by atoms with van der Waals surface area (Å²) in [5.41, 5.74) is -0.163. The summed E-state index contributed by atoms with van der Waals surface area (Å²) >= 11 is 0. The molecule has 4 saturated carbocycles. The second-order valence-electron chi connectivity index (χ2n) is 15.2. The molecule has 7 rings (SSSR count). The van der Waals surface area contributed by atoms with Gasteiger partial charge in [0.15, 0.2) is 5.79 Å². The van der Waals surface area contributed by atoms with Crippen molar-refractivity contribution in [1.82, 2.24) is 0 Å². The van der Waals surface area contributed by atoms with Gasteiger partial charge in [0.2, 0.25) is 0 Å². The van der Waals surface area contributed by atoms with E-state index in [0.29, 0.717) is 24.0 Å². The van der Waals surface area contributed by atoms with Crippen molar-refractivity contribution in [2.45, 2.75) is 123 Å². The Labute approximate surface area is 210 Å². The maximum Gasteiger partial charge on any atom is 0.199 e. The lowest BCUT2D eigenvalue weighted by Crippen LogP contribution is -2.55. The molecule has 2 N–H and O–H groups in total. The Bertz CT molecular complexity index is 1060. The minimum atomic E-state index is -1.07. The van der Waals surface area contributed by atoms with Gasteiger partial charge in [0, 0.05) is 23.2 Å². The van der Waals surface area contributed by atoms with Gasteiger partial charge < -0.3 is 19.7 Å². The van der Waals surface area contributed by atoms with Crippen LogP contribution in [0.2, 0.25) is 0 Å². The van der Waals surface area contributed by atoms with E-state index in [1.54, 1.807) is 13.8 Å². The molecule has 2 heterocycles. The lowest BCUT2D eigenvalue weighted by atomic mass is 9.45. The molecule has 2 bridgehead atoms. The summed E-state index contributed by atoms with van der Waals surface area (Å²) in [5, 5.41) is 23.4. The van der Waals surface area contributed by atoms with Gasteiger partial charge in [-0.2, -0.15) is 0 Å². The number of hydrogen-bond donors (Lipinski definition) is 2. The molecule has 5 heteroatoms. The van der Waals surface area contributed by atoms with E-state index in [0.717, 1.165) is 38.5 Å². The van der Waals surface area contributed by atoms with Crippen molar-refractivity contribution in [3.05, 3.63) is 11.6 Å². The maximum atomic E-state index is 12.9. The highest BCUT2D eigenvalue weighted by Crippen LogP contribution is 2.88. The highest BCUT2D eigenvalue weighted by atomic mass is 16.8. The molecule has 35 heavy (non-hydrogen) atoms. The van der Waals surface area contributed by atoms with Crippen molar-refractivity contribution in [2.75, 3.05) is 0 Å². The fourth-order valence-corrected chi connectivity index (χ4v) is 11.7. The van der Waals surface area contributed by atoms with Gasteiger partial charge in [-0.15, -0.1) is 0 Å². The lowest BCUT2D eigenvalue weighted by molar-refractivity contribution is -0.279. The third kappa shape index (κ3) is 2.21. The second-order valence-corrected chi connectivity index (χ2v) is 15.2. The van der Waals surface area contributed by atoms with Gasteiger partial charge in [0.05, 0.1) is 11.7 Å². The fourth-order valence-electron chi connectivity index (χ4n) is 11.7. The molecule has 3 spiro atoms. The predicted molar refractivity (Wildman–Crippen MR) is 131 cm³/mol. The quantitative estimate of drug-likeness (QED) is 0.524. The van der Waals surface area contributed by atoms with Crippen LogP contribution in [0.15, 0.2) is 11.6 Å². The minimum Gasteiger partial charge on any atom is -0.388 e. The number of ether oxygens (including phenoxy) is 2. The van der Waals surface area contributed by atoms with Crippen LogP contribution >= 0.6 is 0 Å². The Hall–Kier alpha value is -0.750. The van der Waals surface area contributed by atoms with E-state index in [1.807, 2.05) is 0 Å². The molecule has 0 amide bonds. The molecule has 0 aromatic heterocycles. The number of hydrogen-bond acceptors (Lipinski definition) is 5. The molecular formula is C30H44O5. The van der Waals surface area contributed by atoms with E-state index >= 15 is 0 Å². The monoisotopic (exact) mass is 484 g/mol. The van der Waals surface area contributed by atoms with E-state index in [-0.39, 0.29) is 33.7 Å². The van der Waals surface area contributed by atoms with Crippen LogP contribution in [0, 0.1) is 44.8 Å². The van der Waals surface area contributed by atoms with E-state index in [1.165, 1.54) is 5.57 Å². The first kappa shape index (κ1) is 23.4. The van der Waals surface area contributed by atoms with Crippen LogP contribution in [0.25, 0.3) is 0 Å². The zero-order chi connectivity index (χ0) is 25.2. The highest BCUT2D eigenvalue weighted by molar-refractivity contribution is 5.86. The molecule has 11 atom stereocenters. The van der Waals surface area contributed by atoms with Crippen molar-refractivity contribution in [1.29, 1.82) is 0 Å². The Morgan fingerprint density at radius 2 is 1.80 bits per heavy atom. The number of carbonyl (C=O) groups is 1. The number of carbonyl (C=O) groups excluding carboxylic acids is 1. The number of fused-ring (bicyclic) bond motifs is 4. The van der Waals surface area contributed by atoms with E-state index < -0.39 is 29.0 Å². The predicted octanol–water partition coefficient (Wildman–Crippen LogP) is 4.79. The molecule has 0 aromatic carbocycles. The zero-order valence-corrected chi connectivity index (χ0v) is 22.6. The largest absolute Gasteiger partial charge is 0.388 e. The van der Waals surface area contributed by atoms with Gasteiger partial charge in [-0.25, -0.2) is 0 Å². The molecule has 7 aliphatic rings. The maximum absolute atomic E-state index is 12.9.